The molecule has 2 N–H and O–H groups in total. The van der Waals surface area contributed by atoms with Crippen molar-refractivity contribution in [3.8, 4) is 5.69 Å². The number of carbonyl (C=O) groups is 3. The molecule has 140 valence electrons. The summed E-state index contributed by atoms with van der Waals surface area (Å²) in [6.45, 7) is 0. The van der Waals surface area contributed by atoms with Crippen LogP contribution in [-0.2, 0) is 22.4 Å². The lowest BCUT2D eigenvalue weighted by molar-refractivity contribution is -0.134. The average molecular weight is 374 g/mol. The molecule has 0 bridgehead atoms. The van der Waals surface area contributed by atoms with Crippen molar-refractivity contribution in [2.45, 2.75) is 38.1 Å². The van der Waals surface area contributed by atoms with Crippen molar-refractivity contribution in [1.29, 1.82) is 0 Å². The predicted octanol–water partition coefficient (Wildman–Crippen LogP) is 1.17. The summed E-state index contributed by atoms with van der Waals surface area (Å²) < 4.78 is 28.3. The number of benzene rings is 1. The van der Waals surface area contributed by atoms with Gasteiger partial charge >= 0.3 is 0 Å². The summed E-state index contributed by atoms with van der Waals surface area (Å²) in [5.41, 5.74) is 2.00. The van der Waals surface area contributed by atoms with E-state index >= 15 is 0 Å². The van der Waals surface area contributed by atoms with Crippen molar-refractivity contribution < 1.29 is 23.2 Å². The van der Waals surface area contributed by atoms with Crippen LogP contribution in [0.4, 0.5) is 8.78 Å². The number of carbonyl (C=O) groups excluding carboxylic acids is 3. The smallest absolute Gasteiger partial charge is 0.272 e. The summed E-state index contributed by atoms with van der Waals surface area (Å²) >= 11 is 0. The van der Waals surface area contributed by atoms with Crippen molar-refractivity contribution in [2.24, 2.45) is 0 Å². The number of fused-ring (bicyclic) bond motifs is 1. The Morgan fingerprint density at radius 2 is 2.00 bits per heavy atom. The van der Waals surface area contributed by atoms with Gasteiger partial charge in [-0.1, -0.05) is 0 Å². The van der Waals surface area contributed by atoms with Crippen LogP contribution in [0.15, 0.2) is 18.2 Å². The molecule has 0 spiro atoms. The summed E-state index contributed by atoms with van der Waals surface area (Å²) in [7, 11) is 0. The number of imide groups is 1. The molecule has 3 amide bonds. The first-order valence-corrected chi connectivity index (χ1v) is 8.65. The number of piperidine rings is 1. The second-order valence-corrected chi connectivity index (χ2v) is 6.61. The largest absolute Gasteiger partial charge is 0.339 e. The molecule has 1 aromatic carbocycles. The Hall–Kier alpha value is -3.10. The maximum Gasteiger partial charge on any atom is 0.272 e. The lowest BCUT2D eigenvalue weighted by Crippen LogP contribution is -2.52. The van der Waals surface area contributed by atoms with Gasteiger partial charge in [0.2, 0.25) is 11.8 Å². The van der Waals surface area contributed by atoms with E-state index in [9.17, 15) is 23.2 Å². The molecule has 2 aromatic rings. The Bertz CT molecular complexity index is 970. The SMILES string of the molecule is O=C1CCC(NC(=O)c2nn(-c3ccc(F)c(F)c3)c3c2CCC3)C(=O)N1. The molecular formula is C18H16F2N4O3. The fourth-order valence-electron chi connectivity index (χ4n) is 3.51. The van der Waals surface area contributed by atoms with Gasteiger partial charge in [-0.15, -0.1) is 0 Å². The molecule has 1 saturated heterocycles. The van der Waals surface area contributed by atoms with Gasteiger partial charge in [-0.3, -0.25) is 19.7 Å². The zero-order valence-corrected chi connectivity index (χ0v) is 14.2. The molecule has 9 heteroatoms. The summed E-state index contributed by atoms with van der Waals surface area (Å²) in [4.78, 5) is 35.8. The maximum atomic E-state index is 13.6. The molecule has 27 heavy (non-hydrogen) atoms. The molecule has 7 nitrogen and oxygen atoms in total. The lowest BCUT2D eigenvalue weighted by atomic mass is 10.1. The van der Waals surface area contributed by atoms with E-state index in [1.807, 2.05) is 0 Å². The van der Waals surface area contributed by atoms with Crippen LogP contribution in [0.2, 0.25) is 0 Å². The third-order valence-corrected chi connectivity index (χ3v) is 4.84. The number of aromatic nitrogens is 2. The molecule has 1 atom stereocenters. The van der Waals surface area contributed by atoms with Gasteiger partial charge in [-0.25, -0.2) is 13.5 Å². The van der Waals surface area contributed by atoms with Gasteiger partial charge in [-0.2, -0.15) is 5.10 Å². The van der Waals surface area contributed by atoms with Crippen LogP contribution in [0.3, 0.4) is 0 Å². The summed E-state index contributed by atoms with van der Waals surface area (Å²) in [6, 6.07) is 2.63. The van der Waals surface area contributed by atoms with Gasteiger partial charge in [0.1, 0.15) is 6.04 Å². The summed E-state index contributed by atoms with van der Waals surface area (Å²) in [6.07, 6.45) is 2.49. The Kier molecular flexibility index (Phi) is 4.21. The van der Waals surface area contributed by atoms with Crippen LogP contribution < -0.4 is 10.6 Å². The van der Waals surface area contributed by atoms with E-state index < -0.39 is 29.5 Å². The molecule has 1 aliphatic carbocycles. The van der Waals surface area contributed by atoms with Crippen LogP contribution >= 0.6 is 0 Å². The first-order valence-electron chi connectivity index (χ1n) is 8.65. The van der Waals surface area contributed by atoms with E-state index in [1.54, 1.807) is 0 Å². The lowest BCUT2D eigenvalue weighted by Gasteiger charge is -2.21. The average Bonchev–Trinajstić information content (AvgIpc) is 3.22. The zero-order chi connectivity index (χ0) is 19.1. The first kappa shape index (κ1) is 17.3. The van der Waals surface area contributed by atoms with E-state index in [-0.39, 0.29) is 24.4 Å². The fourth-order valence-corrected chi connectivity index (χ4v) is 3.51. The van der Waals surface area contributed by atoms with Crippen molar-refractivity contribution in [3.63, 3.8) is 0 Å². The highest BCUT2D eigenvalue weighted by Gasteiger charge is 2.32. The minimum Gasteiger partial charge on any atom is -0.339 e. The Balaban J connectivity index is 1.64. The van der Waals surface area contributed by atoms with Gasteiger partial charge in [0, 0.05) is 23.7 Å². The van der Waals surface area contributed by atoms with Crippen LogP contribution in [0.1, 0.15) is 41.0 Å². The van der Waals surface area contributed by atoms with Gasteiger partial charge in [-0.05, 0) is 37.8 Å². The number of rotatable bonds is 3. The number of nitrogens with one attached hydrogen (secondary N) is 2. The Labute approximate surface area is 152 Å². The molecule has 4 rings (SSSR count). The van der Waals surface area contributed by atoms with Crippen LogP contribution in [0.5, 0.6) is 0 Å². The highest BCUT2D eigenvalue weighted by atomic mass is 19.2. The topological polar surface area (TPSA) is 93.1 Å². The van der Waals surface area contributed by atoms with Gasteiger partial charge in [0.15, 0.2) is 17.3 Å². The van der Waals surface area contributed by atoms with E-state index in [1.165, 1.54) is 10.7 Å². The van der Waals surface area contributed by atoms with Crippen molar-refractivity contribution in [1.82, 2.24) is 20.4 Å². The van der Waals surface area contributed by atoms with Crippen molar-refractivity contribution in [3.05, 3.63) is 46.8 Å². The quantitative estimate of drug-likeness (QED) is 0.789. The molecule has 1 aromatic heterocycles. The molecule has 0 radical (unpaired) electrons. The molecule has 1 aliphatic heterocycles. The minimum atomic E-state index is -0.996. The van der Waals surface area contributed by atoms with Crippen LogP contribution in [0.25, 0.3) is 5.69 Å². The summed E-state index contributed by atoms with van der Waals surface area (Å²) in [5.74, 6) is -3.39. The zero-order valence-electron chi connectivity index (χ0n) is 14.2. The molecule has 2 aliphatic rings. The highest BCUT2D eigenvalue weighted by Crippen LogP contribution is 2.28. The highest BCUT2D eigenvalue weighted by molar-refractivity contribution is 6.03. The van der Waals surface area contributed by atoms with E-state index in [0.29, 0.717) is 18.5 Å². The van der Waals surface area contributed by atoms with E-state index in [0.717, 1.165) is 29.8 Å². The third-order valence-electron chi connectivity index (χ3n) is 4.84. The Morgan fingerprint density at radius 1 is 1.19 bits per heavy atom. The molecule has 0 saturated carbocycles. The molecular weight excluding hydrogens is 358 g/mol. The standard InChI is InChI=1S/C18H16F2N4O3/c19-11-5-4-9(8-12(11)20)24-14-3-1-2-10(14)16(23-24)18(27)21-13-6-7-15(25)22-17(13)26/h4-5,8,13H,1-3,6-7H2,(H,21,27)(H,22,25,26). The van der Waals surface area contributed by atoms with Gasteiger partial charge in [0.05, 0.1) is 5.69 Å². The monoisotopic (exact) mass is 374 g/mol. The number of amides is 3. The van der Waals surface area contributed by atoms with E-state index in [2.05, 4.69) is 15.7 Å². The van der Waals surface area contributed by atoms with Crippen LogP contribution in [-0.4, -0.2) is 33.5 Å². The maximum absolute atomic E-state index is 13.6. The fraction of sp³-hybridized carbons (Fsp3) is 0.333. The van der Waals surface area contributed by atoms with Gasteiger partial charge in [0.25, 0.3) is 5.91 Å². The third kappa shape index (κ3) is 3.09. The molecule has 1 unspecified atom stereocenters. The molecule has 2 heterocycles. The second kappa shape index (κ2) is 6.57. The summed E-state index contributed by atoms with van der Waals surface area (Å²) in [5, 5.41) is 9.09. The predicted molar refractivity (Wildman–Crippen MR) is 89.1 cm³/mol. The van der Waals surface area contributed by atoms with Crippen LogP contribution in [0, 0.1) is 11.6 Å². The van der Waals surface area contributed by atoms with Crippen molar-refractivity contribution in [2.75, 3.05) is 0 Å². The van der Waals surface area contributed by atoms with Crippen molar-refractivity contribution >= 4 is 17.7 Å². The second-order valence-electron chi connectivity index (χ2n) is 6.61. The number of nitrogens with zero attached hydrogens (tertiary/aromatic N) is 2. The van der Waals surface area contributed by atoms with E-state index in [4.69, 9.17) is 0 Å². The molecule has 1 fully saturated rings. The minimum absolute atomic E-state index is 0.151. The number of halogens is 2. The number of hydrogen-bond donors (Lipinski definition) is 2. The first-order chi connectivity index (χ1) is 12.9. The normalized spacial score (nSPS) is 19.0. The Morgan fingerprint density at radius 3 is 2.74 bits per heavy atom. The van der Waals surface area contributed by atoms with Gasteiger partial charge < -0.3 is 5.32 Å². The number of hydrogen-bond acceptors (Lipinski definition) is 4.